The van der Waals surface area contributed by atoms with Crippen molar-refractivity contribution in [3.8, 4) is 0 Å². The van der Waals surface area contributed by atoms with Gasteiger partial charge in [0.15, 0.2) is 0 Å². The van der Waals surface area contributed by atoms with Gasteiger partial charge in [0.2, 0.25) is 0 Å². The van der Waals surface area contributed by atoms with Crippen molar-refractivity contribution in [2.45, 2.75) is 51.2 Å². The van der Waals surface area contributed by atoms with Crippen molar-refractivity contribution >= 4 is 5.78 Å². The van der Waals surface area contributed by atoms with Gasteiger partial charge in [-0.05, 0) is 62.0 Å². The van der Waals surface area contributed by atoms with E-state index in [0.717, 1.165) is 17.5 Å². The molecule has 0 radical (unpaired) electrons. The Balaban J connectivity index is 1.61. The highest BCUT2D eigenvalue weighted by atomic mass is 19.4. The van der Waals surface area contributed by atoms with Gasteiger partial charge in [-0.2, -0.15) is 13.2 Å². The molecule has 3 rings (SSSR count). The summed E-state index contributed by atoms with van der Waals surface area (Å²) >= 11 is 0. The number of benzene rings is 2. The molecule has 1 heterocycles. The standard InChI is InChI=1S/C27H34F4N2O/c1-2-26(22-6-4-3-5-7-22)33(19-18-32-16-14-23(15-17-32)27(29,30)31)20-25(34)13-10-21-8-11-24(28)12-9-21/h3-9,11-12,23,26H,2,10,13-20H2,1H3. The van der Waals surface area contributed by atoms with E-state index in [1.165, 1.54) is 12.1 Å². The third kappa shape index (κ3) is 7.91. The van der Waals surface area contributed by atoms with E-state index in [1.54, 1.807) is 12.1 Å². The monoisotopic (exact) mass is 478 g/mol. The largest absolute Gasteiger partial charge is 0.391 e. The van der Waals surface area contributed by atoms with Crippen molar-refractivity contribution in [3.05, 3.63) is 71.5 Å². The first kappa shape index (κ1) is 26.4. The number of Topliss-reactive ketones (excluding diaryl/α,β-unsaturated/α-hetero) is 1. The number of carbonyl (C=O) groups excluding carboxylic acids is 1. The zero-order valence-electron chi connectivity index (χ0n) is 19.7. The van der Waals surface area contributed by atoms with Crippen molar-refractivity contribution in [2.24, 2.45) is 5.92 Å². The van der Waals surface area contributed by atoms with Gasteiger partial charge in [-0.1, -0.05) is 49.4 Å². The fraction of sp³-hybridized carbons (Fsp3) is 0.519. The average molecular weight is 479 g/mol. The summed E-state index contributed by atoms with van der Waals surface area (Å²) in [4.78, 5) is 17.1. The number of likely N-dealkylation sites (tertiary alicyclic amines) is 1. The number of ketones is 1. The normalized spacial score (nSPS) is 16.6. The van der Waals surface area contributed by atoms with E-state index < -0.39 is 12.1 Å². The number of piperidine rings is 1. The molecule has 0 N–H and O–H groups in total. The van der Waals surface area contributed by atoms with Crippen molar-refractivity contribution < 1.29 is 22.4 Å². The van der Waals surface area contributed by atoms with E-state index >= 15 is 0 Å². The van der Waals surface area contributed by atoms with Gasteiger partial charge in [0.05, 0.1) is 12.5 Å². The fourth-order valence-electron chi connectivity index (χ4n) is 4.72. The lowest BCUT2D eigenvalue weighted by molar-refractivity contribution is -0.185. The summed E-state index contributed by atoms with van der Waals surface area (Å²) in [6.45, 7) is 4.49. The summed E-state index contributed by atoms with van der Waals surface area (Å²) in [6.07, 6.45) is -2.10. The van der Waals surface area contributed by atoms with Gasteiger partial charge < -0.3 is 4.90 Å². The van der Waals surface area contributed by atoms with E-state index in [-0.39, 0.29) is 37.0 Å². The number of nitrogens with zero attached hydrogens (tertiary/aromatic N) is 2. The molecule has 0 amide bonds. The first-order valence-electron chi connectivity index (χ1n) is 12.1. The van der Waals surface area contributed by atoms with Gasteiger partial charge in [-0.3, -0.25) is 9.69 Å². The van der Waals surface area contributed by atoms with Crippen LogP contribution < -0.4 is 0 Å². The molecule has 1 aliphatic heterocycles. The van der Waals surface area contributed by atoms with E-state index in [1.807, 2.05) is 18.2 Å². The molecule has 1 atom stereocenters. The smallest absolute Gasteiger partial charge is 0.302 e. The molecule has 1 unspecified atom stereocenters. The quantitative estimate of drug-likeness (QED) is 0.367. The number of hydrogen-bond donors (Lipinski definition) is 0. The summed E-state index contributed by atoms with van der Waals surface area (Å²) in [5.41, 5.74) is 2.05. The summed E-state index contributed by atoms with van der Waals surface area (Å²) in [7, 11) is 0. The first-order valence-corrected chi connectivity index (χ1v) is 12.1. The molecular weight excluding hydrogens is 444 g/mol. The molecular formula is C27H34F4N2O. The molecule has 7 heteroatoms. The Kier molecular flexibility index (Phi) is 9.65. The van der Waals surface area contributed by atoms with Crippen LogP contribution in [0.25, 0.3) is 0 Å². The van der Waals surface area contributed by atoms with Crippen LogP contribution in [0.5, 0.6) is 0 Å². The molecule has 0 saturated carbocycles. The molecule has 0 aliphatic carbocycles. The van der Waals surface area contributed by atoms with Crippen molar-refractivity contribution in [1.29, 1.82) is 0 Å². The second-order valence-corrected chi connectivity index (χ2v) is 9.13. The van der Waals surface area contributed by atoms with Crippen molar-refractivity contribution in [3.63, 3.8) is 0 Å². The molecule has 186 valence electrons. The highest BCUT2D eigenvalue weighted by Gasteiger charge is 2.41. The predicted molar refractivity (Wildman–Crippen MR) is 126 cm³/mol. The SMILES string of the molecule is CCC(c1ccccc1)N(CCN1CCC(C(F)(F)F)CC1)CC(=O)CCc1ccc(F)cc1. The Morgan fingerprint density at radius 1 is 1.06 bits per heavy atom. The van der Waals surface area contributed by atoms with E-state index in [0.29, 0.717) is 39.0 Å². The summed E-state index contributed by atoms with van der Waals surface area (Å²) < 4.78 is 52.1. The Morgan fingerprint density at radius 2 is 1.71 bits per heavy atom. The predicted octanol–water partition coefficient (Wildman–Crippen LogP) is 6.06. The molecule has 2 aromatic carbocycles. The van der Waals surface area contributed by atoms with Crippen LogP contribution in [-0.2, 0) is 11.2 Å². The molecule has 2 aromatic rings. The van der Waals surface area contributed by atoms with Gasteiger partial charge in [0.1, 0.15) is 11.6 Å². The maximum absolute atomic E-state index is 13.1. The molecule has 34 heavy (non-hydrogen) atoms. The maximum atomic E-state index is 13.1. The fourth-order valence-corrected chi connectivity index (χ4v) is 4.72. The number of aryl methyl sites for hydroxylation is 1. The molecule has 3 nitrogen and oxygen atoms in total. The highest BCUT2D eigenvalue weighted by Crippen LogP contribution is 2.34. The Labute approximate surface area is 199 Å². The van der Waals surface area contributed by atoms with Crippen molar-refractivity contribution in [1.82, 2.24) is 9.80 Å². The number of hydrogen-bond acceptors (Lipinski definition) is 3. The van der Waals surface area contributed by atoms with E-state index in [2.05, 4.69) is 28.9 Å². The summed E-state index contributed by atoms with van der Waals surface area (Å²) in [5.74, 6) is -1.40. The minimum Gasteiger partial charge on any atom is -0.302 e. The third-order valence-electron chi connectivity index (χ3n) is 6.75. The van der Waals surface area contributed by atoms with Crippen LogP contribution in [0.4, 0.5) is 17.6 Å². The number of halogens is 4. The lowest BCUT2D eigenvalue weighted by Gasteiger charge is -2.36. The molecule has 1 fully saturated rings. The van der Waals surface area contributed by atoms with E-state index in [4.69, 9.17) is 0 Å². The van der Waals surface area contributed by atoms with Crippen LogP contribution in [0.1, 0.15) is 49.8 Å². The molecule has 1 aliphatic rings. The second kappa shape index (κ2) is 12.5. The average Bonchev–Trinajstić information content (AvgIpc) is 2.83. The molecule has 0 bridgehead atoms. The number of carbonyl (C=O) groups is 1. The van der Waals surface area contributed by atoms with Gasteiger partial charge >= 0.3 is 6.18 Å². The van der Waals surface area contributed by atoms with Crippen LogP contribution >= 0.6 is 0 Å². The maximum Gasteiger partial charge on any atom is 0.391 e. The van der Waals surface area contributed by atoms with Crippen LogP contribution in [0.2, 0.25) is 0 Å². The minimum absolute atomic E-state index is 0.0590. The van der Waals surface area contributed by atoms with Gasteiger partial charge in [-0.25, -0.2) is 4.39 Å². The Hall–Kier alpha value is -2.25. The first-order chi connectivity index (χ1) is 16.3. The van der Waals surface area contributed by atoms with Crippen LogP contribution in [0.15, 0.2) is 54.6 Å². The van der Waals surface area contributed by atoms with Gasteiger partial charge in [0.25, 0.3) is 0 Å². The summed E-state index contributed by atoms with van der Waals surface area (Å²) in [5, 5.41) is 0. The minimum atomic E-state index is -4.12. The highest BCUT2D eigenvalue weighted by molar-refractivity contribution is 5.80. The zero-order valence-corrected chi connectivity index (χ0v) is 19.7. The molecule has 1 saturated heterocycles. The lowest BCUT2D eigenvalue weighted by Crippen LogP contribution is -2.44. The third-order valence-corrected chi connectivity index (χ3v) is 6.75. The van der Waals surface area contributed by atoms with Crippen LogP contribution in [-0.4, -0.2) is 54.5 Å². The Morgan fingerprint density at radius 3 is 2.29 bits per heavy atom. The van der Waals surface area contributed by atoms with Crippen LogP contribution in [0.3, 0.4) is 0 Å². The van der Waals surface area contributed by atoms with Gasteiger partial charge in [0, 0.05) is 25.6 Å². The summed E-state index contributed by atoms with van der Waals surface area (Å²) in [6, 6.07) is 16.3. The zero-order chi connectivity index (χ0) is 24.6. The Bertz CT molecular complexity index is 878. The van der Waals surface area contributed by atoms with Crippen molar-refractivity contribution in [2.75, 3.05) is 32.7 Å². The molecule has 0 spiro atoms. The number of alkyl halides is 3. The van der Waals surface area contributed by atoms with Gasteiger partial charge in [-0.15, -0.1) is 0 Å². The second-order valence-electron chi connectivity index (χ2n) is 9.13. The lowest BCUT2D eigenvalue weighted by atomic mass is 9.96. The molecule has 0 aromatic heterocycles. The topological polar surface area (TPSA) is 23.6 Å². The van der Waals surface area contributed by atoms with E-state index in [9.17, 15) is 22.4 Å². The van der Waals surface area contributed by atoms with Crippen LogP contribution in [0, 0.1) is 11.7 Å². The number of rotatable bonds is 11.